The van der Waals surface area contributed by atoms with Crippen LogP contribution in [0.3, 0.4) is 0 Å². The number of nitro groups is 2. The van der Waals surface area contributed by atoms with Crippen LogP contribution in [0.15, 0.2) is 17.6 Å². The molecule has 0 radical (unpaired) electrons. The Bertz CT molecular complexity index is 607. The van der Waals surface area contributed by atoms with Gasteiger partial charge < -0.3 is 5.21 Å². The molecule has 0 aliphatic carbocycles. The van der Waals surface area contributed by atoms with E-state index < -0.39 is 15.5 Å². The van der Waals surface area contributed by atoms with Crippen molar-refractivity contribution in [2.45, 2.75) is 0 Å². The molecule has 8 nitrogen and oxygen atoms in total. The van der Waals surface area contributed by atoms with Crippen molar-refractivity contribution in [2.24, 2.45) is 0 Å². The standard InChI is InChI=1S/C7H3N3O5S/c11-8-2-1-4(9(12)13)7-6(8)5(3-16-7)10(14)15/h1-3H. The van der Waals surface area contributed by atoms with Crippen molar-refractivity contribution in [1.29, 1.82) is 0 Å². The second-order valence-electron chi connectivity index (χ2n) is 2.84. The third-order valence-electron chi connectivity index (χ3n) is 1.96. The summed E-state index contributed by atoms with van der Waals surface area (Å²) < 4.78 is 0.269. The van der Waals surface area contributed by atoms with Crippen molar-refractivity contribution in [3.8, 4) is 0 Å². The van der Waals surface area contributed by atoms with E-state index in [2.05, 4.69) is 0 Å². The molecule has 0 saturated heterocycles. The first kappa shape index (κ1) is 10.2. The lowest BCUT2D eigenvalue weighted by molar-refractivity contribution is -0.580. The average molecular weight is 241 g/mol. The molecule has 16 heavy (non-hydrogen) atoms. The van der Waals surface area contributed by atoms with Gasteiger partial charge >= 0.3 is 11.2 Å². The first-order valence-corrected chi connectivity index (χ1v) is 4.82. The summed E-state index contributed by atoms with van der Waals surface area (Å²) in [7, 11) is 0. The molecule has 2 heterocycles. The van der Waals surface area contributed by atoms with Gasteiger partial charge in [-0.25, -0.2) is 0 Å². The van der Waals surface area contributed by atoms with Crippen LogP contribution in [0.2, 0.25) is 0 Å². The van der Waals surface area contributed by atoms with Crippen LogP contribution in [0.4, 0.5) is 11.4 Å². The zero-order valence-electron chi connectivity index (χ0n) is 7.52. The fourth-order valence-electron chi connectivity index (χ4n) is 1.30. The second kappa shape index (κ2) is 3.38. The van der Waals surface area contributed by atoms with Crippen LogP contribution < -0.4 is 4.73 Å². The molecule has 2 aromatic heterocycles. The Kier molecular flexibility index (Phi) is 2.16. The normalized spacial score (nSPS) is 10.5. The van der Waals surface area contributed by atoms with Crippen molar-refractivity contribution in [1.82, 2.24) is 0 Å². The molecular formula is C7H3N3O5S. The van der Waals surface area contributed by atoms with Gasteiger partial charge in [0.2, 0.25) is 0 Å². The van der Waals surface area contributed by atoms with E-state index in [4.69, 9.17) is 0 Å². The molecule has 0 atom stereocenters. The first-order valence-electron chi connectivity index (χ1n) is 3.94. The third kappa shape index (κ3) is 1.34. The highest BCUT2D eigenvalue weighted by Gasteiger charge is 2.29. The molecule has 9 heteroatoms. The monoisotopic (exact) mass is 241 g/mol. The molecule has 0 aliphatic heterocycles. The maximum atomic E-state index is 11.3. The van der Waals surface area contributed by atoms with Gasteiger partial charge in [-0.05, 0) is 0 Å². The number of pyridine rings is 1. The van der Waals surface area contributed by atoms with E-state index in [0.29, 0.717) is 0 Å². The number of hydrogen-bond acceptors (Lipinski definition) is 6. The minimum Gasteiger partial charge on any atom is -0.618 e. The summed E-state index contributed by atoms with van der Waals surface area (Å²) in [4.78, 5) is 19.8. The number of aromatic nitrogens is 1. The predicted molar refractivity (Wildman–Crippen MR) is 54.1 cm³/mol. The molecule has 0 amide bonds. The Balaban J connectivity index is 2.88. The van der Waals surface area contributed by atoms with Gasteiger partial charge in [-0.3, -0.25) is 20.2 Å². The Morgan fingerprint density at radius 1 is 1.19 bits per heavy atom. The average Bonchev–Trinajstić information content (AvgIpc) is 2.62. The van der Waals surface area contributed by atoms with E-state index in [9.17, 15) is 25.4 Å². The summed E-state index contributed by atoms with van der Waals surface area (Å²) in [6.07, 6.45) is 0.889. The van der Waals surface area contributed by atoms with E-state index in [1.807, 2.05) is 0 Å². The van der Waals surface area contributed by atoms with Crippen LogP contribution in [0, 0.1) is 25.4 Å². The van der Waals surface area contributed by atoms with Gasteiger partial charge in [0.15, 0.2) is 10.9 Å². The van der Waals surface area contributed by atoms with Crippen LogP contribution >= 0.6 is 11.3 Å². The minimum atomic E-state index is -0.739. The zero-order chi connectivity index (χ0) is 11.9. The highest BCUT2D eigenvalue weighted by molar-refractivity contribution is 7.18. The van der Waals surface area contributed by atoms with Crippen molar-refractivity contribution in [3.05, 3.63) is 43.1 Å². The van der Waals surface area contributed by atoms with Gasteiger partial charge in [0, 0.05) is 0 Å². The van der Waals surface area contributed by atoms with Crippen molar-refractivity contribution < 1.29 is 14.6 Å². The molecule has 2 aromatic rings. The highest BCUT2D eigenvalue weighted by Crippen LogP contribution is 2.34. The van der Waals surface area contributed by atoms with Crippen LogP contribution in [-0.2, 0) is 0 Å². The maximum absolute atomic E-state index is 11.3. The largest absolute Gasteiger partial charge is 0.618 e. The smallest absolute Gasteiger partial charge is 0.352 e. The van der Waals surface area contributed by atoms with Crippen LogP contribution in [0.25, 0.3) is 10.2 Å². The quantitative estimate of drug-likeness (QED) is 0.340. The van der Waals surface area contributed by atoms with Crippen molar-refractivity contribution >= 4 is 32.9 Å². The lowest BCUT2D eigenvalue weighted by Gasteiger charge is -1.97. The summed E-state index contributed by atoms with van der Waals surface area (Å²) in [6, 6.07) is 1.02. The van der Waals surface area contributed by atoms with Gasteiger partial charge in [-0.2, -0.15) is 4.73 Å². The molecule has 0 bridgehead atoms. The predicted octanol–water partition coefficient (Wildman–Crippen LogP) is 1.35. The first-order chi connectivity index (χ1) is 7.52. The maximum Gasteiger partial charge on any atom is 0.352 e. The molecule has 0 fully saturated rings. The van der Waals surface area contributed by atoms with E-state index in [1.54, 1.807) is 0 Å². The topological polar surface area (TPSA) is 113 Å². The molecular weight excluding hydrogens is 238 g/mol. The van der Waals surface area contributed by atoms with Gasteiger partial charge in [0.1, 0.15) is 0 Å². The Morgan fingerprint density at radius 2 is 1.81 bits per heavy atom. The van der Waals surface area contributed by atoms with Crippen LogP contribution in [-0.4, -0.2) is 9.85 Å². The molecule has 0 unspecified atom stereocenters. The molecule has 0 aliphatic rings. The molecule has 0 N–H and O–H groups in total. The molecule has 82 valence electrons. The van der Waals surface area contributed by atoms with Crippen molar-refractivity contribution in [2.75, 3.05) is 0 Å². The zero-order valence-corrected chi connectivity index (χ0v) is 8.34. The molecule has 0 aromatic carbocycles. The van der Waals surface area contributed by atoms with Gasteiger partial charge in [-0.15, -0.1) is 11.3 Å². The van der Waals surface area contributed by atoms with Gasteiger partial charge in [0.25, 0.3) is 5.69 Å². The molecule has 2 rings (SSSR count). The fourth-order valence-corrected chi connectivity index (χ4v) is 2.30. The summed E-state index contributed by atoms with van der Waals surface area (Å²) >= 11 is 0.807. The Hall–Kier alpha value is -2.29. The van der Waals surface area contributed by atoms with Crippen LogP contribution in [0.1, 0.15) is 0 Å². The Morgan fingerprint density at radius 3 is 2.38 bits per heavy atom. The van der Waals surface area contributed by atoms with E-state index >= 15 is 0 Å². The van der Waals surface area contributed by atoms with E-state index in [0.717, 1.165) is 29.0 Å². The summed E-state index contributed by atoms with van der Waals surface area (Å²) in [5.41, 5.74) is -0.997. The number of hydrogen-bond donors (Lipinski definition) is 0. The number of fused-ring (bicyclic) bond motifs is 1. The number of rotatable bonds is 2. The number of nitrogens with zero attached hydrogens (tertiary/aromatic N) is 3. The van der Waals surface area contributed by atoms with Crippen molar-refractivity contribution in [3.63, 3.8) is 0 Å². The third-order valence-corrected chi connectivity index (χ3v) is 2.94. The lowest BCUT2D eigenvalue weighted by Crippen LogP contribution is -2.26. The number of thiophene rings is 1. The summed E-state index contributed by atoms with van der Waals surface area (Å²) in [5, 5.41) is 33.7. The van der Waals surface area contributed by atoms with Crippen LogP contribution in [0.5, 0.6) is 0 Å². The Labute approximate surface area is 91.2 Å². The fraction of sp³-hybridized carbons (Fsp3) is 0. The summed E-state index contributed by atoms with van der Waals surface area (Å²) in [5.74, 6) is 0. The molecule has 0 spiro atoms. The summed E-state index contributed by atoms with van der Waals surface area (Å²) in [6.45, 7) is 0. The van der Waals surface area contributed by atoms with E-state index in [-0.39, 0.29) is 20.6 Å². The van der Waals surface area contributed by atoms with Gasteiger partial charge in [-0.1, -0.05) is 0 Å². The second-order valence-corrected chi connectivity index (χ2v) is 3.72. The highest BCUT2D eigenvalue weighted by atomic mass is 32.1. The van der Waals surface area contributed by atoms with E-state index in [1.165, 1.54) is 0 Å². The van der Waals surface area contributed by atoms with Gasteiger partial charge in [0.05, 0.1) is 21.3 Å². The minimum absolute atomic E-state index is 0.00852. The molecule has 0 saturated carbocycles. The SMILES string of the molecule is O=[N+]([O-])c1cc[n+]([O-])c2c([N+](=O)[O-])csc12. The lowest BCUT2D eigenvalue weighted by atomic mass is 10.3.